The zero-order chi connectivity index (χ0) is 14.8. The van der Waals surface area contributed by atoms with Crippen molar-refractivity contribution < 1.29 is 14.7 Å². The van der Waals surface area contributed by atoms with Crippen LogP contribution in [0.25, 0.3) is 10.9 Å². The van der Waals surface area contributed by atoms with Gasteiger partial charge in [-0.05, 0) is 25.0 Å². The van der Waals surface area contributed by atoms with Crippen LogP contribution in [-0.2, 0) is 0 Å². The van der Waals surface area contributed by atoms with Crippen LogP contribution < -0.4 is 5.32 Å². The van der Waals surface area contributed by atoms with Crippen LogP contribution in [0.2, 0.25) is 0 Å². The molecule has 1 fully saturated rings. The number of urea groups is 1. The molecule has 3 rings (SSSR count). The molecule has 0 radical (unpaired) electrons. The molecule has 2 aromatic rings. The maximum Gasteiger partial charge on any atom is 0.339 e. The number of nitrogens with one attached hydrogen (secondary N) is 1. The highest BCUT2D eigenvalue weighted by Crippen LogP contribution is 2.21. The average molecular weight is 285 g/mol. The molecule has 0 aliphatic carbocycles. The number of para-hydroxylation sites is 1. The molecule has 1 aromatic heterocycles. The van der Waals surface area contributed by atoms with Gasteiger partial charge in [0.05, 0.1) is 5.52 Å². The van der Waals surface area contributed by atoms with Crippen LogP contribution >= 0.6 is 0 Å². The summed E-state index contributed by atoms with van der Waals surface area (Å²) in [5.41, 5.74) is 0.653. The summed E-state index contributed by atoms with van der Waals surface area (Å²) in [6, 6.07) is 8.45. The summed E-state index contributed by atoms with van der Waals surface area (Å²) in [6.45, 7) is 1.39. The highest BCUT2D eigenvalue weighted by atomic mass is 16.4. The number of amides is 2. The van der Waals surface area contributed by atoms with Crippen LogP contribution in [0.1, 0.15) is 23.2 Å². The van der Waals surface area contributed by atoms with Crippen molar-refractivity contribution in [3.05, 3.63) is 35.9 Å². The number of pyridine rings is 1. The zero-order valence-electron chi connectivity index (χ0n) is 11.4. The molecule has 6 heteroatoms. The summed E-state index contributed by atoms with van der Waals surface area (Å²) in [4.78, 5) is 29.4. The lowest BCUT2D eigenvalue weighted by atomic mass is 10.1. The number of carbonyl (C=O) groups excluding carboxylic acids is 1. The van der Waals surface area contributed by atoms with Gasteiger partial charge in [-0.1, -0.05) is 18.2 Å². The number of nitrogens with zero attached hydrogens (tertiary/aromatic N) is 2. The third kappa shape index (κ3) is 2.65. The van der Waals surface area contributed by atoms with E-state index in [-0.39, 0.29) is 17.4 Å². The van der Waals surface area contributed by atoms with E-state index in [0.29, 0.717) is 18.6 Å². The third-order valence-electron chi connectivity index (χ3n) is 3.57. The fourth-order valence-corrected chi connectivity index (χ4v) is 2.47. The van der Waals surface area contributed by atoms with E-state index in [1.807, 2.05) is 12.1 Å². The Hall–Kier alpha value is -2.63. The number of carboxylic acids is 1. The molecule has 2 amide bonds. The summed E-state index contributed by atoms with van der Waals surface area (Å²) in [6.07, 6.45) is 1.95. The van der Waals surface area contributed by atoms with Gasteiger partial charge in [0.25, 0.3) is 0 Å². The lowest BCUT2D eigenvalue weighted by Gasteiger charge is -2.17. The highest BCUT2D eigenvalue weighted by Gasteiger charge is 2.21. The molecular weight excluding hydrogens is 270 g/mol. The Morgan fingerprint density at radius 1 is 1.19 bits per heavy atom. The van der Waals surface area contributed by atoms with Crippen molar-refractivity contribution in [2.45, 2.75) is 12.8 Å². The van der Waals surface area contributed by atoms with Gasteiger partial charge in [-0.2, -0.15) is 0 Å². The van der Waals surface area contributed by atoms with E-state index in [2.05, 4.69) is 10.3 Å². The summed E-state index contributed by atoms with van der Waals surface area (Å²) < 4.78 is 0. The Kier molecular flexibility index (Phi) is 3.43. The van der Waals surface area contributed by atoms with Crippen molar-refractivity contribution in [1.29, 1.82) is 0 Å². The second-order valence-electron chi connectivity index (χ2n) is 5.01. The summed E-state index contributed by atoms with van der Waals surface area (Å²) in [5.74, 6) is -1.01. The van der Waals surface area contributed by atoms with Crippen LogP contribution in [0.4, 0.5) is 10.6 Å². The number of fused-ring (bicyclic) bond motifs is 1. The molecule has 0 unspecified atom stereocenters. The molecule has 0 bridgehead atoms. The SMILES string of the molecule is O=C(O)c1cc2ccccc2nc1NC(=O)N1CCCC1. The minimum absolute atomic E-state index is 0.00115. The quantitative estimate of drug-likeness (QED) is 0.888. The number of aromatic nitrogens is 1. The Bertz CT molecular complexity index is 708. The Morgan fingerprint density at radius 3 is 2.62 bits per heavy atom. The Labute approximate surface area is 121 Å². The molecule has 2 N–H and O–H groups in total. The molecule has 21 heavy (non-hydrogen) atoms. The minimum Gasteiger partial charge on any atom is -0.478 e. The van der Waals surface area contributed by atoms with Crippen molar-refractivity contribution in [3.8, 4) is 0 Å². The molecule has 2 heterocycles. The van der Waals surface area contributed by atoms with Crippen molar-refractivity contribution in [2.24, 2.45) is 0 Å². The molecule has 1 saturated heterocycles. The zero-order valence-corrected chi connectivity index (χ0v) is 11.4. The third-order valence-corrected chi connectivity index (χ3v) is 3.57. The largest absolute Gasteiger partial charge is 0.478 e. The fraction of sp³-hybridized carbons (Fsp3) is 0.267. The van der Waals surface area contributed by atoms with Crippen LogP contribution in [0.3, 0.4) is 0 Å². The lowest BCUT2D eigenvalue weighted by molar-refractivity contribution is 0.0698. The second-order valence-corrected chi connectivity index (χ2v) is 5.01. The number of anilines is 1. The maximum atomic E-state index is 12.1. The fourth-order valence-electron chi connectivity index (χ4n) is 2.47. The van der Waals surface area contributed by atoms with Crippen LogP contribution in [-0.4, -0.2) is 40.1 Å². The molecular formula is C15H15N3O3. The number of benzene rings is 1. The van der Waals surface area contributed by atoms with E-state index in [9.17, 15) is 14.7 Å². The van der Waals surface area contributed by atoms with Gasteiger partial charge in [0.1, 0.15) is 11.4 Å². The van der Waals surface area contributed by atoms with Crippen LogP contribution in [0.5, 0.6) is 0 Å². The lowest BCUT2D eigenvalue weighted by Crippen LogP contribution is -2.33. The van der Waals surface area contributed by atoms with Crippen LogP contribution in [0.15, 0.2) is 30.3 Å². The topological polar surface area (TPSA) is 82.5 Å². The smallest absolute Gasteiger partial charge is 0.339 e. The molecule has 0 atom stereocenters. The minimum atomic E-state index is -1.11. The first-order chi connectivity index (χ1) is 10.1. The number of aromatic carboxylic acids is 1. The standard InChI is InChI=1S/C15H15N3O3/c19-14(20)11-9-10-5-1-2-6-12(10)16-13(11)17-15(21)18-7-3-4-8-18/h1-2,5-6,9H,3-4,7-8H2,(H,19,20)(H,16,17,21). The predicted molar refractivity (Wildman–Crippen MR) is 78.5 cm³/mol. The molecule has 1 aliphatic rings. The molecule has 108 valence electrons. The molecule has 1 aliphatic heterocycles. The van der Waals surface area contributed by atoms with Crippen molar-refractivity contribution in [3.63, 3.8) is 0 Å². The predicted octanol–water partition coefficient (Wildman–Crippen LogP) is 2.56. The number of likely N-dealkylation sites (tertiary alicyclic amines) is 1. The number of carboxylic acid groups (broad SMARTS) is 1. The van der Waals surface area contributed by atoms with Gasteiger partial charge in [0, 0.05) is 18.5 Å². The Morgan fingerprint density at radius 2 is 1.90 bits per heavy atom. The first kappa shape index (κ1) is 13.4. The van der Waals surface area contributed by atoms with Crippen LogP contribution in [0, 0.1) is 0 Å². The van der Waals surface area contributed by atoms with Crippen molar-refractivity contribution >= 4 is 28.7 Å². The van der Waals surface area contributed by atoms with E-state index in [0.717, 1.165) is 18.2 Å². The van der Waals surface area contributed by atoms with Gasteiger partial charge in [-0.3, -0.25) is 5.32 Å². The molecule has 1 aromatic carbocycles. The van der Waals surface area contributed by atoms with Gasteiger partial charge in [0.15, 0.2) is 0 Å². The maximum absolute atomic E-state index is 12.1. The van der Waals surface area contributed by atoms with E-state index in [4.69, 9.17) is 0 Å². The van der Waals surface area contributed by atoms with E-state index >= 15 is 0 Å². The first-order valence-corrected chi connectivity index (χ1v) is 6.84. The molecule has 0 spiro atoms. The van der Waals surface area contributed by atoms with Gasteiger partial charge < -0.3 is 10.0 Å². The molecule has 6 nitrogen and oxygen atoms in total. The van der Waals surface area contributed by atoms with Crippen molar-refractivity contribution in [1.82, 2.24) is 9.88 Å². The summed E-state index contributed by atoms with van der Waals surface area (Å²) in [7, 11) is 0. The average Bonchev–Trinajstić information content (AvgIpc) is 3.00. The van der Waals surface area contributed by atoms with E-state index in [1.165, 1.54) is 6.07 Å². The van der Waals surface area contributed by atoms with Crippen molar-refractivity contribution in [2.75, 3.05) is 18.4 Å². The summed E-state index contributed by atoms with van der Waals surface area (Å²) in [5, 5.41) is 12.7. The number of hydrogen-bond acceptors (Lipinski definition) is 3. The van der Waals surface area contributed by atoms with Gasteiger partial charge in [-0.25, -0.2) is 14.6 Å². The van der Waals surface area contributed by atoms with E-state index < -0.39 is 5.97 Å². The first-order valence-electron chi connectivity index (χ1n) is 6.84. The van der Waals surface area contributed by atoms with E-state index in [1.54, 1.807) is 17.0 Å². The normalized spacial score (nSPS) is 14.4. The second kappa shape index (κ2) is 5.40. The number of rotatable bonds is 2. The summed E-state index contributed by atoms with van der Waals surface area (Å²) >= 11 is 0. The van der Waals surface area contributed by atoms with Gasteiger partial charge in [-0.15, -0.1) is 0 Å². The number of carbonyl (C=O) groups is 2. The van der Waals surface area contributed by atoms with Gasteiger partial charge >= 0.3 is 12.0 Å². The number of hydrogen-bond donors (Lipinski definition) is 2. The molecule has 0 saturated carbocycles. The van der Waals surface area contributed by atoms with Gasteiger partial charge in [0.2, 0.25) is 0 Å². The monoisotopic (exact) mass is 285 g/mol. The Balaban J connectivity index is 1.97. The highest BCUT2D eigenvalue weighted by molar-refractivity contribution is 6.02.